The molecule has 0 saturated carbocycles. The van der Waals surface area contributed by atoms with E-state index < -0.39 is 0 Å². The van der Waals surface area contributed by atoms with Gasteiger partial charge in [0.05, 0.1) is 11.7 Å². The molecule has 0 amide bonds. The highest BCUT2D eigenvalue weighted by Crippen LogP contribution is 2.42. The summed E-state index contributed by atoms with van der Waals surface area (Å²) >= 11 is 5.61. The predicted octanol–water partition coefficient (Wildman–Crippen LogP) is 4.61. The van der Waals surface area contributed by atoms with Crippen molar-refractivity contribution in [3.8, 4) is 0 Å². The second-order valence-electron chi connectivity index (χ2n) is 6.38. The van der Waals surface area contributed by atoms with Crippen LogP contribution >= 0.6 is 12.2 Å². The molecule has 1 saturated heterocycles. The average Bonchev–Trinajstić information content (AvgIpc) is 3.21. The summed E-state index contributed by atoms with van der Waals surface area (Å²) in [6.45, 7) is 3.65. The van der Waals surface area contributed by atoms with Gasteiger partial charge in [-0.15, -0.1) is 0 Å². The zero-order valence-electron chi connectivity index (χ0n) is 14.4. The van der Waals surface area contributed by atoms with Gasteiger partial charge in [0.15, 0.2) is 5.11 Å². The molecule has 26 heavy (non-hydrogen) atoms. The van der Waals surface area contributed by atoms with E-state index in [4.69, 9.17) is 16.6 Å². The minimum Gasteiger partial charge on any atom is -0.464 e. The number of aromatic nitrogens is 1. The van der Waals surface area contributed by atoms with Crippen molar-refractivity contribution in [3.63, 3.8) is 0 Å². The summed E-state index contributed by atoms with van der Waals surface area (Å²) in [7, 11) is 0. The van der Waals surface area contributed by atoms with Crippen molar-refractivity contribution >= 4 is 23.0 Å². The lowest BCUT2D eigenvalue weighted by Gasteiger charge is -2.26. The number of pyridine rings is 1. The lowest BCUT2D eigenvalue weighted by atomic mass is 10.0. The molecule has 0 bridgehead atoms. The SMILES string of the molecule is Cc1ccc([C@@H]2[C@@H](c3ccccn3)NC(=S)N2c2ccc(F)c(C)c2)o1. The fourth-order valence-electron chi connectivity index (χ4n) is 3.31. The summed E-state index contributed by atoms with van der Waals surface area (Å²) in [5, 5.41) is 3.91. The van der Waals surface area contributed by atoms with Gasteiger partial charge in [-0.2, -0.15) is 0 Å². The van der Waals surface area contributed by atoms with Crippen molar-refractivity contribution < 1.29 is 8.81 Å². The summed E-state index contributed by atoms with van der Waals surface area (Å²) in [5.74, 6) is 1.37. The molecule has 4 nitrogen and oxygen atoms in total. The number of anilines is 1. The van der Waals surface area contributed by atoms with E-state index in [1.165, 1.54) is 6.07 Å². The van der Waals surface area contributed by atoms with Gasteiger partial charge in [0.25, 0.3) is 0 Å². The summed E-state index contributed by atoms with van der Waals surface area (Å²) in [4.78, 5) is 6.46. The third-order valence-electron chi connectivity index (χ3n) is 4.57. The number of furan rings is 1. The van der Waals surface area contributed by atoms with E-state index in [0.717, 1.165) is 22.9 Å². The molecule has 1 aliphatic rings. The smallest absolute Gasteiger partial charge is 0.174 e. The van der Waals surface area contributed by atoms with Crippen LogP contribution in [0.5, 0.6) is 0 Å². The Balaban J connectivity index is 1.83. The van der Waals surface area contributed by atoms with E-state index in [0.29, 0.717) is 10.7 Å². The van der Waals surface area contributed by atoms with Gasteiger partial charge in [-0.25, -0.2) is 4.39 Å². The first kappa shape index (κ1) is 16.7. The Morgan fingerprint density at radius 1 is 1.15 bits per heavy atom. The number of halogens is 1. The number of hydrogen-bond acceptors (Lipinski definition) is 3. The molecule has 2 atom stereocenters. The molecular formula is C20H18FN3OS. The Morgan fingerprint density at radius 3 is 2.65 bits per heavy atom. The van der Waals surface area contributed by atoms with Gasteiger partial charge in [0.1, 0.15) is 23.4 Å². The fourth-order valence-corrected chi connectivity index (χ4v) is 3.66. The fraction of sp³-hybridized carbons (Fsp3) is 0.200. The third kappa shape index (κ3) is 2.86. The maximum Gasteiger partial charge on any atom is 0.174 e. The Morgan fingerprint density at radius 2 is 2.00 bits per heavy atom. The van der Waals surface area contributed by atoms with Gasteiger partial charge < -0.3 is 14.6 Å². The van der Waals surface area contributed by atoms with E-state index >= 15 is 0 Å². The van der Waals surface area contributed by atoms with E-state index in [2.05, 4.69) is 10.3 Å². The molecule has 1 aliphatic heterocycles. The molecule has 0 unspecified atom stereocenters. The number of hydrogen-bond donors (Lipinski definition) is 1. The Labute approximate surface area is 156 Å². The van der Waals surface area contributed by atoms with Crippen molar-refractivity contribution in [1.82, 2.24) is 10.3 Å². The molecule has 3 heterocycles. The average molecular weight is 367 g/mol. The monoisotopic (exact) mass is 367 g/mol. The second-order valence-corrected chi connectivity index (χ2v) is 6.77. The summed E-state index contributed by atoms with van der Waals surface area (Å²) in [6.07, 6.45) is 1.76. The normalized spacial score (nSPS) is 19.7. The minimum absolute atomic E-state index is 0.167. The topological polar surface area (TPSA) is 41.3 Å². The Bertz CT molecular complexity index is 957. The van der Waals surface area contributed by atoms with Gasteiger partial charge in [-0.1, -0.05) is 6.07 Å². The Hall–Kier alpha value is -2.73. The van der Waals surface area contributed by atoms with Crippen molar-refractivity contribution in [2.45, 2.75) is 25.9 Å². The van der Waals surface area contributed by atoms with Crippen molar-refractivity contribution in [3.05, 3.63) is 83.3 Å². The predicted molar refractivity (Wildman–Crippen MR) is 103 cm³/mol. The van der Waals surface area contributed by atoms with Crippen LogP contribution in [0.15, 0.2) is 59.1 Å². The number of aryl methyl sites for hydroxylation is 2. The molecule has 0 spiro atoms. The quantitative estimate of drug-likeness (QED) is 0.685. The molecule has 4 rings (SSSR count). The van der Waals surface area contributed by atoms with Crippen LogP contribution in [-0.2, 0) is 0 Å². The number of benzene rings is 1. The van der Waals surface area contributed by atoms with E-state index in [-0.39, 0.29) is 17.9 Å². The largest absolute Gasteiger partial charge is 0.464 e. The molecular weight excluding hydrogens is 349 g/mol. The van der Waals surface area contributed by atoms with Gasteiger partial charge in [0, 0.05) is 11.9 Å². The summed E-state index contributed by atoms with van der Waals surface area (Å²) < 4.78 is 19.7. The minimum atomic E-state index is -0.238. The highest BCUT2D eigenvalue weighted by Gasteiger charge is 2.42. The van der Waals surface area contributed by atoms with Crippen LogP contribution in [0.1, 0.15) is 34.9 Å². The summed E-state index contributed by atoms with van der Waals surface area (Å²) in [5.41, 5.74) is 2.26. The van der Waals surface area contributed by atoms with Gasteiger partial charge in [-0.3, -0.25) is 4.98 Å². The van der Waals surface area contributed by atoms with Crippen LogP contribution in [0.3, 0.4) is 0 Å². The maximum absolute atomic E-state index is 13.8. The molecule has 132 valence electrons. The highest BCUT2D eigenvalue weighted by molar-refractivity contribution is 7.80. The molecule has 3 aromatic rings. The first-order valence-corrected chi connectivity index (χ1v) is 8.78. The van der Waals surface area contributed by atoms with Crippen LogP contribution in [0.2, 0.25) is 0 Å². The second kappa shape index (κ2) is 6.53. The standard InChI is InChI=1S/C20H18FN3OS/c1-12-11-14(7-8-15(12)21)24-19(17-9-6-13(2)25-17)18(23-20(24)26)16-5-3-4-10-22-16/h3-11,18-19H,1-2H3,(H,23,26)/t18-,19-/m1/s1. The first-order chi connectivity index (χ1) is 12.5. The van der Waals surface area contributed by atoms with Crippen LogP contribution in [0.4, 0.5) is 10.1 Å². The summed E-state index contributed by atoms with van der Waals surface area (Å²) in [6, 6.07) is 14.3. The van der Waals surface area contributed by atoms with Crippen molar-refractivity contribution in [2.24, 2.45) is 0 Å². The first-order valence-electron chi connectivity index (χ1n) is 8.38. The number of nitrogens with one attached hydrogen (secondary N) is 1. The molecule has 6 heteroatoms. The van der Waals surface area contributed by atoms with E-state index in [1.54, 1.807) is 25.3 Å². The number of rotatable bonds is 3. The van der Waals surface area contributed by atoms with Crippen LogP contribution < -0.4 is 10.2 Å². The highest BCUT2D eigenvalue weighted by atomic mass is 32.1. The Kier molecular flexibility index (Phi) is 4.20. The molecule has 1 N–H and O–H groups in total. The molecule has 0 aliphatic carbocycles. The lowest BCUT2D eigenvalue weighted by molar-refractivity contribution is 0.418. The van der Waals surface area contributed by atoms with Crippen LogP contribution in [0, 0.1) is 19.7 Å². The maximum atomic E-state index is 13.8. The van der Waals surface area contributed by atoms with Crippen LogP contribution in [0.25, 0.3) is 0 Å². The zero-order chi connectivity index (χ0) is 18.3. The molecule has 1 aromatic carbocycles. The van der Waals surface area contributed by atoms with Gasteiger partial charge in [-0.05, 0) is 74.1 Å². The lowest BCUT2D eigenvalue weighted by Crippen LogP contribution is -2.29. The molecule has 2 aromatic heterocycles. The van der Waals surface area contributed by atoms with Crippen molar-refractivity contribution in [2.75, 3.05) is 4.90 Å². The van der Waals surface area contributed by atoms with Crippen molar-refractivity contribution in [1.29, 1.82) is 0 Å². The third-order valence-corrected chi connectivity index (χ3v) is 4.88. The van der Waals surface area contributed by atoms with Gasteiger partial charge >= 0.3 is 0 Å². The molecule has 1 fully saturated rings. The van der Waals surface area contributed by atoms with Crippen LogP contribution in [-0.4, -0.2) is 10.1 Å². The molecule has 0 radical (unpaired) electrons. The van der Waals surface area contributed by atoms with E-state index in [9.17, 15) is 4.39 Å². The number of thiocarbonyl (C=S) groups is 1. The zero-order valence-corrected chi connectivity index (χ0v) is 15.3. The number of nitrogens with zero attached hydrogens (tertiary/aromatic N) is 2. The van der Waals surface area contributed by atoms with E-state index in [1.807, 2.05) is 42.2 Å². The van der Waals surface area contributed by atoms with Gasteiger partial charge in [0.2, 0.25) is 0 Å².